The highest BCUT2D eigenvalue weighted by Crippen LogP contribution is 2.10. The summed E-state index contributed by atoms with van der Waals surface area (Å²) in [5.41, 5.74) is 0. The van der Waals surface area contributed by atoms with Gasteiger partial charge >= 0.3 is 0 Å². The molecule has 1 rings (SSSR count). The molecule has 0 aliphatic carbocycles. The second-order valence-electron chi connectivity index (χ2n) is 2.99. The summed E-state index contributed by atoms with van der Waals surface area (Å²) in [5.74, 6) is 0.616. The van der Waals surface area contributed by atoms with E-state index in [4.69, 9.17) is 10.00 Å². The van der Waals surface area contributed by atoms with Gasteiger partial charge in [0.25, 0.3) is 0 Å². The van der Waals surface area contributed by atoms with Gasteiger partial charge in [0.15, 0.2) is 0 Å². The minimum Gasteiger partial charge on any atom is -0.381 e. The molecule has 0 aromatic rings. The number of hydrogen-bond acceptors (Lipinski definition) is 3. The van der Waals surface area contributed by atoms with Crippen LogP contribution in [-0.2, 0) is 4.74 Å². The third kappa shape index (κ3) is 2.87. The van der Waals surface area contributed by atoms with E-state index < -0.39 is 0 Å². The quantitative estimate of drug-likeness (QED) is 0.644. The first kappa shape index (κ1) is 8.51. The molecule has 1 aliphatic rings. The maximum absolute atomic E-state index is 8.46. The normalized spacial score (nSPS) is 26.4. The molecule has 1 aliphatic heterocycles. The Balaban J connectivity index is 2.07. The first-order valence-electron chi connectivity index (χ1n) is 4.03. The lowest BCUT2D eigenvalue weighted by Crippen LogP contribution is -2.30. The fraction of sp³-hybridized carbons (Fsp3) is 0.875. The number of nitrogens with one attached hydrogen (secondary N) is 1. The van der Waals surface area contributed by atoms with Crippen molar-refractivity contribution in [3.05, 3.63) is 0 Å². The number of nitriles is 1. The highest BCUT2D eigenvalue weighted by atomic mass is 16.5. The van der Waals surface area contributed by atoms with Crippen LogP contribution >= 0.6 is 0 Å². The number of ether oxygens (including phenoxy) is 1. The molecule has 3 nitrogen and oxygen atoms in total. The van der Waals surface area contributed by atoms with Crippen molar-refractivity contribution in [2.45, 2.75) is 19.4 Å². The number of rotatable bonds is 3. The molecule has 3 heteroatoms. The predicted molar refractivity (Wildman–Crippen MR) is 42.0 cm³/mol. The van der Waals surface area contributed by atoms with Crippen LogP contribution in [-0.4, -0.2) is 25.8 Å². The Bertz CT molecular complexity index is 147. The maximum Gasteiger partial charge on any atom is 0.0924 e. The summed E-state index contributed by atoms with van der Waals surface area (Å²) in [6.45, 7) is 4.52. The lowest BCUT2D eigenvalue weighted by atomic mass is 10.1. The summed E-state index contributed by atoms with van der Waals surface area (Å²) in [6.07, 6.45) is 1.13. The molecule has 0 radical (unpaired) electrons. The van der Waals surface area contributed by atoms with Crippen LogP contribution < -0.4 is 5.32 Å². The summed E-state index contributed by atoms with van der Waals surface area (Å²) in [5, 5.41) is 11.6. The first-order chi connectivity index (χ1) is 5.33. The van der Waals surface area contributed by atoms with E-state index in [9.17, 15) is 0 Å². The van der Waals surface area contributed by atoms with Crippen LogP contribution in [0.5, 0.6) is 0 Å². The second kappa shape index (κ2) is 4.32. The van der Waals surface area contributed by atoms with Crippen molar-refractivity contribution in [2.75, 3.05) is 19.8 Å². The Morgan fingerprint density at radius 1 is 1.82 bits per heavy atom. The van der Waals surface area contributed by atoms with Gasteiger partial charge in [-0.05, 0) is 19.3 Å². The standard InChI is InChI=1S/C8H14N2O/c1-7(4-9)10-5-8-2-3-11-6-8/h7-8,10H,2-3,5-6H2,1H3. The van der Waals surface area contributed by atoms with Gasteiger partial charge in [0.05, 0.1) is 18.7 Å². The van der Waals surface area contributed by atoms with E-state index in [-0.39, 0.29) is 6.04 Å². The van der Waals surface area contributed by atoms with Crippen LogP contribution in [0.1, 0.15) is 13.3 Å². The highest BCUT2D eigenvalue weighted by Gasteiger charge is 2.15. The molecule has 11 heavy (non-hydrogen) atoms. The molecule has 1 heterocycles. The Labute approximate surface area is 67.3 Å². The zero-order chi connectivity index (χ0) is 8.10. The van der Waals surface area contributed by atoms with Crippen molar-refractivity contribution in [1.29, 1.82) is 5.26 Å². The van der Waals surface area contributed by atoms with Gasteiger partial charge < -0.3 is 10.1 Å². The molecule has 0 amide bonds. The molecular formula is C8H14N2O. The maximum atomic E-state index is 8.46. The van der Waals surface area contributed by atoms with Crippen LogP contribution in [0, 0.1) is 17.2 Å². The van der Waals surface area contributed by atoms with E-state index >= 15 is 0 Å². The Morgan fingerprint density at radius 3 is 3.18 bits per heavy atom. The van der Waals surface area contributed by atoms with Gasteiger partial charge in [-0.3, -0.25) is 0 Å². The highest BCUT2D eigenvalue weighted by molar-refractivity contribution is 4.86. The van der Waals surface area contributed by atoms with Crippen molar-refractivity contribution in [1.82, 2.24) is 5.32 Å². The van der Waals surface area contributed by atoms with E-state index in [1.807, 2.05) is 6.92 Å². The summed E-state index contributed by atoms with van der Waals surface area (Å²) < 4.78 is 5.20. The summed E-state index contributed by atoms with van der Waals surface area (Å²) in [6, 6.07) is 2.11. The van der Waals surface area contributed by atoms with E-state index in [0.717, 1.165) is 26.2 Å². The van der Waals surface area contributed by atoms with Gasteiger partial charge in [0, 0.05) is 13.2 Å². The molecule has 0 aromatic carbocycles. The zero-order valence-corrected chi connectivity index (χ0v) is 6.84. The van der Waals surface area contributed by atoms with E-state index in [0.29, 0.717) is 5.92 Å². The van der Waals surface area contributed by atoms with Gasteiger partial charge in [-0.25, -0.2) is 0 Å². The monoisotopic (exact) mass is 154 g/mol. The third-order valence-corrected chi connectivity index (χ3v) is 1.93. The first-order valence-corrected chi connectivity index (χ1v) is 4.03. The fourth-order valence-electron chi connectivity index (χ4n) is 1.13. The molecule has 0 spiro atoms. The zero-order valence-electron chi connectivity index (χ0n) is 6.84. The predicted octanol–water partition coefficient (Wildman–Crippen LogP) is 0.525. The molecule has 0 aromatic heterocycles. The second-order valence-corrected chi connectivity index (χ2v) is 2.99. The van der Waals surface area contributed by atoms with Crippen LogP contribution in [0.25, 0.3) is 0 Å². The molecule has 2 atom stereocenters. The largest absolute Gasteiger partial charge is 0.381 e. The molecule has 1 saturated heterocycles. The summed E-state index contributed by atoms with van der Waals surface area (Å²) >= 11 is 0. The van der Waals surface area contributed by atoms with E-state index in [2.05, 4.69) is 11.4 Å². The van der Waals surface area contributed by atoms with Crippen molar-refractivity contribution >= 4 is 0 Å². The van der Waals surface area contributed by atoms with Crippen molar-refractivity contribution in [2.24, 2.45) is 5.92 Å². The van der Waals surface area contributed by atoms with Gasteiger partial charge in [-0.1, -0.05) is 0 Å². The lowest BCUT2D eigenvalue weighted by molar-refractivity contribution is 0.185. The third-order valence-electron chi connectivity index (χ3n) is 1.93. The Hall–Kier alpha value is -0.590. The fourth-order valence-corrected chi connectivity index (χ4v) is 1.13. The van der Waals surface area contributed by atoms with Gasteiger partial charge in [-0.2, -0.15) is 5.26 Å². The van der Waals surface area contributed by atoms with Crippen molar-refractivity contribution in [3.8, 4) is 6.07 Å². The lowest BCUT2D eigenvalue weighted by Gasteiger charge is -2.09. The van der Waals surface area contributed by atoms with E-state index in [1.165, 1.54) is 0 Å². The van der Waals surface area contributed by atoms with Crippen molar-refractivity contribution < 1.29 is 4.74 Å². The van der Waals surface area contributed by atoms with Crippen LogP contribution in [0.3, 0.4) is 0 Å². The average Bonchev–Trinajstić information content (AvgIpc) is 2.52. The summed E-state index contributed by atoms with van der Waals surface area (Å²) in [7, 11) is 0. The van der Waals surface area contributed by atoms with Crippen molar-refractivity contribution in [3.63, 3.8) is 0 Å². The van der Waals surface area contributed by atoms with Crippen LogP contribution in [0.15, 0.2) is 0 Å². The minimum absolute atomic E-state index is 0.0319. The topological polar surface area (TPSA) is 45.0 Å². The Morgan fingerprint density at radius 2 is 2.64 bits per heavy atom. The van der Waals surface area contributed by atoms with Gasteiger partial charge in [0.2, 0.25) is 0 Å². The molecule has 1 fully saturated rings. The Kier molecular flexibility index (Phi) is 3.34. The smallest absolute Gasteiger partial charge is 0.0924 e. The average molecular weight is 154 g/mol. The molecule has 0 saturated carbocycles. The molecule has 62 valence electrons. The number of hydrogen-bond donors (Lipinski definition) is 1. The van der Waals surface area contributed by atoms with E-state index in [1.54, 1.807) is 0 Å². The molecular weight excluding hydrogens is 140 g/mol. The number of nitrogens with zero attached hydrogens (tertiary/aromatic N) is 1. The molecule has 0 bridgehead atoms. The van der Waals surface area contributed by atoms with Gasteiger partial charge in [0.1, 0.15) is 0 Å². The molecule has 1 N–H and O–H groups in total. The molecule has 2 unspecified atom stereocenters. The SMILES string of the molecule is CC(C#N)NCC1CCOC1. The van der Waals surface area contributed by atoms with Gasteiger partial charge in [-0.15, -0.1) is 0 Å². The van der Waals surface area contributed by atoms with Crippen LogP contribution in [0.2, 0.25) is 0 Å². The summed E-state index contributed by atoms with van der Waals surface area (Å²) in [4.78, 5) is 0. The van der Waals surface area contributed by atoms with Crippen LogP contribution in [0.4, 0.5) is 0 Å². The minimum atomic E-state index is -0.0319.